The molecule has 1 fully saturated rings. The molecule has 1 aromatic carbocycles. The number of halogens is 1. The van der Waals surface area contributed by atoms with E-state index in [2.05, 4.69) is 21.2 Å². The SMILES string of the molecule is COc1ccc(Br)c(CNCCC(=O)N2CCCC2)c1. The lowest BCUT2D eigenvalue weighted by Crippen LogP contribution is -2.30. The van der Waals surface area contributed by atoms with E-state index >= 15 is 0 Å². The molecule has 0 bridgehead atoms. The second-order valence-corrected chi connectivity index (χ2v) is 5.83. The van der Waals surface area contributed by atoms with Gasteiger partial charge in [0.05, 0.1) is 7.11 Å². The highest BCUT2D eigenvalue weighted by molar-refractivity contribution is 9.10. The van der Waals surface area contributed by atoms with Gasteiger partial charge >= 0.3 is 0 Å². The Bertz CT molecular complexity index is 459. The molecule has 1 aliphatic rings. The Balaban J connectivity index is 1.74. The van der Waals surface area contributed by atoms with Gasteiger partial charge in [0.1, 0.15) is 5.75 Å². The molecule has 1 aliphatic heterocycles. The van der Waals surface area contributed by atoms with Crippen LogP contribution in [0.1, 0.15) is 24.8 Å². The highest BCUT2D eigenvalue weighted by Gasteiger charge is 2.16. The zero-order chi connectivity index (χ0) is 14.4. The van der Waals surface area contributed by atoms with Crippen LogP contribution in [-0.2, 0) is 11.3 Å². The van der Waals surface area contributed by atoms with Crippen molar-refractivity contribution in [1.82, 2.24) is 10.2 Å². The molecule has 0 atom stereocenters. The summed E-state index contributed by atoms with van der Waals surface area (Å²) in [6.07, 6.45) is 2.87. The van der Waals surface area contributed by atoms with Crippen LogP contribution in [0.4, 0.5) is 0 Å². The van der Waals surface area contributed by atoms with Crippen LogP contribution in [-0.4, -0.2) is 37.6 Å². The van der Waals surface area contributed by atoms with Crippen LogP contribution in [0.5, 0.6) is 5.75 Å². The van der Waals surface area contributed by atoms with Crippen LogP contribution in [0.15, 0.2) is 22.7 Å². The predicted octanol–water partition coefficient (Wildman–Crippen LogP) is 2.56. The molecule has 0 radical (unpaired) electrons. The number of benzene rings is 1. The topological polar surface area (TPSA) is 41.6 Å². The number of carbonyl (C=O) groups excluding carboxylic acids is 1. The Morgan fingerprint density at radius 3 is 2.85 bits per heavy atom. The van der Waals surface area contributed by atoms with Crippen molar-refractivity contribution in [2.45, 2.75) is 25.8 Å². The number of likely N-dealkylation sites (tertiary alicyclic amines) is 1. The summed E-state index contributed by atoms with van der Waals surface area (Å²) < 4.78 is 6.26. The third kappa shape index (κ3) is 4.21. The van der Waals surface area contributed by atoms with E-state index in [1.807, 2.05) is 23.1 Å². The first kappa shape index (κ1) is 15.3. The molecule has 110 valence electrons. The minimum Gasteiger partial charge on any atom is -0.497 e. The van der Waals surface area contributed by atoms with E-state index in [-0.39, 0.29) is 5.91 Å². The Morgan fingerprint density at radius 1 is 1.40 bits per heavy atom. The minimum atomic E-state index is 0.264. The summed E-state index contributed by atoms with van der Waals surface area (Å²) in [5.74, 6) is 1.11. The fourth-order valence-corrected chi connectivity index (χ4v) is 2.74. The first-order valence-electron chi connectivity index (χ1n) is 7.01. The number of amides is 1. The van der Waals surface area contributed by atoms with Crippen LogP contribution in [0.25, 0.3) is 0 Å². The summed E-state index contributed by atoms with van der Waals surface area (Å²) in [7, 11) is 1.66. The van der Waals surface area contributed by atoms with Crippen LogP contribution in [0.3, 0.4) is 0 Å². The summed E-state index contributed by atoms with van der Waals surface area (Å²) >= 11 is 3.52. The van der Waals surface area contributed by atoms with E-state index in [0.29, 0.717) is 13.0 Å². The molecule has 0 aromatic heterocycles. The largest absolute Gasteiger partial charge is 0.497 e. The summed E-state index contributed by atoms with van der Waals surface area (Å²) in [6, 6.07) is 5.90. The standard InChI is InChI=1S/C15H21BrN2O2/c1-20-13-4-5-14(16)12(10-13)11-17-7-6-15(19)18-8-2-3-9-18/h4-5,10,17H,2-3,6-9,11H2,1H3. The highest BCUT2D eigenvalue weighted by Crippen LogP contribution is 2.22. The number of ether oxygens (including phenoxy) is 1. The molecule has 0 spiro atoms. The van der Waals surface area contributed by atoms with Crippen LogP contribution in [0.2, 0.25) is 0 Å². The van der Waals surface area contributed by atoms with E-state index in [9.17, 15) is 4.79 Å². The second kappa shape index (κ2) is 7.64. The molecule has 1 saturated heterocycles. The fraction of sp³-hybridized carbons (Fsp3) is 0.533. The van der Waals surface area contributed by atoms with Crippen molar-refractivity contribution in [1.29, 1.82) is 0 Å². The van der Waals surface area contributed by atoms with Gasteiger partial charge in [-0.1, -0.05) is 15.9 Å². The first-order chi connectivity index (χ1) is 9.70. The maximum atomic E-state index is 11.9. The number of nitrogens with zero attached hydrogens (tertiary/aromatic N) is 1. The van der Waals surface area contributed by atoms with E-state index in [0.717, 1.165) is 48.3 Å². The van der Waals surface area contributed by atoms with E-state index in [4.69, 9.17) is 4.74 Å². The zero-order valence-corrected chi connectivity index (χ0v) is 13.4. The quantitative estimate of drug-likeness (QED) is 0.809. The molecule has 1 N–H and O–H groups in total. The molecule has 4 nitrogen and oxygen atoms in total. The van der Waals surface area contributed by atoms with Crippen LogP contribution >= 0.6 is 15.9 Å². The number of methoxy groups -OCH3 is 1. The lowest BCUT2D eigenvalue weighted by Gasteiger charge is -2.15. The monoisotopic (exact) mass is 340 g/mol. The molecular weight excluding hydrogens is 320 g/mol. The van der Waals surface area contributed by atoms with Gasteiger partial charge in [-0.15, -0.1) is 0 Å². The van der Waals surface area contributed by atoms with Crippen molar-refractivity contribution in [3.05, 3.63) is 28.2 Å². The number of carbonyl (C=O) groups is 1. The van der Waals surface area contributed by atoms with Gasteiger partial charge < -0.3 is 15.0 Å². The van der Waals surface area contributed by atoms with Crippen LogP contribution in [0, 0.1) is 0 Å². The molecule has 0 saturated carbocycles. The molecule has 5 heteroatoms. The Labute approximate surface area is 128 Å². The van der Waals surface area contributed by atoms with E-state index in [1.54, 1.807) is 7.11 Å². The summed E-state index contributed by atoms with van der Waals surface area (Å²) in [5.41, 5.74) is 1.14. The molecule has 2 rings (SSSR count). The molecule has 0 unspecified atom stereocenters. The van der Waals surface area contributed by atoms with E-state index < -0.39 is 0 Å². The molecule has 1 amide bonds. The van der Waals surface area contributed by atoms with Crippen molar-refractivity contribution >= 4 is 21.8 Å². The molecule has 1 aromatic rings. The molecule has 1 heterocycles. The maximum Gasteiger partial charge on any atom is 0.223 e. The Hall–Kier alpha value is -1.07. The van der Waals surface area contributed by atoms with Gasteiger partial charge in [-0.05, 0) is 36.6 Å². The summed E-state index contributed by atoms with van der Waals surface area (Å²) in [6.45, 7) is 3.30. The van der Waals surface area contributed by atoms with Crippen molar-refractivity contribution in [2.24, 2.45) is 0 Å². The predicted molar refractivity (Wildman–Crippen MR) is 82.8 cm³/mol. The zero-order valence-electron chi connectivity index (χ0n) is 11.8. The van der Waals surface area contributed by atoms with Crippen molar-refractivity contribution in [2.75, 3.05) is 26.7 Å². The highest BCUT2D eigenvalue weighted by atomic mass is 79.9. The third-order valence-electron chi connectivity index (χ3n) is 3.54. The normalized spacial score (nSPS) is 14.6. The van der Waals surface area contributed by atoms with Gasteiger partial charge in [0.2, 0.25) is 5.91 Å². The minimum absolute atomic E-state index is 0.264. The second-order valence-electron chi connectivity index (χ2n) is 4.97. The molecule has 20 heavy (non-hydrogen) atoms. The lowest BCUT2D eigenvalue weighted by atomic mass is 10.2. The molecular formula is C15H21BrN2O2. The van der Waals surface area contributed by atoms with Gasteiger partial charge in [-0.3, -0.25) is 4.79 Å². The summed E-state index contributed by atoms with van der Waals surface area (Å²) in [4.78, 5) is 13.8. The van der Waals surface area contributed by atoms with E-state index in [1.165, 1.54) is 0 Å². The van der Waals surface area contributed by atoms with Gasteiger partial charge in [0, 0.05) is 37.1 Å². The van der Waals surface area contributed by atoms with Crippen LogP contribution < -0.4 is 10.1 Å². The average molecular weight is 341 g/mol. The number of hydrogen-bond donors (Lipinski definition) is 1. The van der Waals surface area contributed by atoms with Gasteiger partial charge in [-0.2, -0.15) is 0 Å². The van der Waals surface area contributed by atoms with Gasteiger partial charge in [-0.25, -0.2) is 0 Å². The van der Waals surface area contributed by atoms with Crippen molar-refractivity contribution in [3.8, 4) is 5.75 Å². The third-order valence-corrected chi connectivity index (χ3v) is 4.32. The number of hydrogen-bond acceptors (Lipinski definition) is 3. The first-order valence-corrected chi connectivity index (χ1v) is 7.81. The summed E-state index contributed by atoms with van der Waals surface area (Å²) in [5, 5.41) is 3.32. The van der Waals surface area contributed by atoms with Gasteiger partial charge in [0.25, 0.3) is 0 Å². The maximum absolute atomic E-state index is 11.9. The Kier molecular flexibility index (Phi) is 5.86. The van der Waals surface area contributed by atoms with Crippen molar-refractivity contribution in [3.63, 3.8) is 0 Å². The Morgan fingerprint density at radius 2 is 2.15 bits per heavy atom. The average Bonchev–Trinajstić information content (AvgIpc) is 2.99. The molecule has 0 aliphatic carbocycles. The van der Waals surface area contributed by atoms with Gasteiger partial charge in [0.15, 0.2) is 0 Å². The number of nitrogens with one attached hydrogen (secondary N) is 1. The lowest BCUT2D eigenvalue weighted by molar-refractivity contribution is -0.130. The number of rotatable bonds is 6. The fourth-order valence-electron chi connectivity index (χ4n) is 2.36. The smallest absolute Gasteiger partial charge is 0.223 e. The van der Waals surface area contributed by atoms with Crippen molar-refractivity contribution < 1.29 is 9.53 Å².